The molecule has 0 atom stereocenters. The van der Waals surface area contributed by atoms with Crippen molar-refractivity contribution in [1.82, 2.24) is 0 Å². The van der Waals surface area contributed by atoms with Crippen molar-refractivity contribution in [2.45, 2.75) is 27.7 Å². The third-order valence-corrected chi connectivity index (χ3v) is 4.24. The van der Waals surface area contributed by atoms with Gasteiger partial charge in [-0.2, -0.15) is 0 Å². The summed E-state index contributed by atoms with van der Waals surface area (Å²) in [6, 6.07) is 4.04. The Bertz CT molecular complexity index is 470. The molecule has 2 rings (SSSR count). The first-order valence-corrected chi connectivity index (χ1v) is 6.98. The van der Waals surface area contributed by atoms with Crippen LogP contribution in [0.25, 0.3) is 0 Å². The molecular weight excluding hydrogens is 251 g/mol. The average molecular weight is 265 g/mol. The molecule has 0 aliphatic heterocycles. The number of hydrogen-bond acceptors (Lipinski definition) is 4. The standard InChI is InChI=1S/C12H14BO2S2/c1-7-5-11(9(3)16-7)14-13-15-12-6-8(2)17-10(12)4/h5-6H,1-4H3. The van der Waals surface area contributed by atoms with Gasteiger partial charge in [0, 0.05) is 19.5 Å². The van der Waals surface area contributed by atoms with E-state index in [1.165, 1.54) is 27.2 Å². The van der Waals surface area contributed by atoms with Gasteiger partial charge in [0.15, 0.2) is 0 Å². The minimum Gasteiger partial charge on any atom is -0.525 e. The summed E-state index contributed by atoms with van der Waals surface area (Å²) in [7, 11) is 1.41. The van der Waals surface area contributed by atoms with Crippen molar-refractivity contribution in [3.05, 3.63) is 31.6 Å². The van der Waals surface area contributed by atoms with E-state index in [-0.39, 0.29) is 0 Å². The second kappa shape index (κ2) is 5.15. The smallest absolute Gasteiger partial charge is 0.525 e. The Morgan fingerprint density at radius 1 is 0.824 bits per heavy atom. The molecule has 0 aliphatic rings. The molecule has 0 aromatic carbocycles. The highest BCUT2D eigenvalue weighted by Crippen LogP contribution is 2.29. The number of thiophene rings is 2. The van der Waals surface area contributed by atoms with Gasteiger partial charge in [-0.05, 0) is 39.8 Å². The third kappa shape index (κ3) is 3.04. The van der Waals surface area contributed by atoms with E-state index in [2.05, 4.69) is 13.8 Å². The summed E-state index contributed by atoms with van der Waals surface area (Å²) in [5, 5.41) is 0. The zero-order valence-electron chi connectivity index (χ0n) is 10.4. The lowest BCUT2D eigenvalue weighted by Gasteiger charge is -2.04. The fourth-order valence-corrected chi connectivity index (χ4v) is 3.29. The lowest BCUT2D eigenvalue weighted by molar-refractivity contribution is 0.458. The molecule has 2 nitrogen and oxygen atoms in total. The fraction of sp³-hybridized carbons (Fsp3) is 0.333. The van der Waals surface area contributed by atoms with Crippen molar-refractivity contribution in [2.75, 3.05) is 0 Å². The molecule has 89 valence electrons. The summed E-state index contributed by atoms with van der Waals surface area (Å²) >= 11 is 3.45. The highest BCUT2D eigenvalue weighted by Gasteiger charge is 2.09. The van der Waals surface area contributed by atoms with Crippen LogP contribution in [-0.2, 0) is 0 Å². The number of aryl methyl sites for hydroxylation is 4. The SMILES string of the molecule is Cc1cc(O[B]Oc2cc(C)sc2C)c(C)s1. The van der Waals surface area contributed by atoms with Crippen LogP contribution in [0.2, 0.25) is 0 Å². The maximum absolute atomic E-state index is 5.49. The predicted molar refractivity (Wildman–Crippen MR) is 74.6 cm³/mol. The first kappa shape index (κ1) is 12.5. The monoisotopic (exact) mass is 265 g/mol. The first-order valence-electron chi connectivity index (χ1n) is 5.35. The Morgan fingerprint density at radius 3 is 1.53 bits per heavy atom. The van der Waals surface area contributed by atoms with Crippen LogP contribution < -0.4 is 9.31 Å². The van der Waals surface area contributed by atoms with E-state index in [1.54, 1.807) is 22.7 Å². The second-order valence-corrected chi connectivity index (χ2v) is 6.81. The molecule has 0 aliphatic carbocycles. The van der Waals surface area contributed by atoms with Gasteiger partial charge in [0.1, 0.15) is 11.5 Å². The van der Waals surface area contributed by atoms with Gasteiger partial charge in [-0.25, -0.2) is 0 Å². The first-order chi connectivity index (χ1) is 8.06. The minimum atomic E-state index is 0.872. The molecule has 0 fully saturated rings. The number of hydrogen-bond donors (Lipinski definition) is 0. The van der Waals surface area contributed by atoms with Crippen LogP contribution in [-0.4, -0.2) is 7.69 Å². The molecule has 2 heterocycles. The summed E-state index contributed by atoms with van der Waals surface area (Å²) in [6.07, 6.45) is 0. The maximum atomic E-state index is 5.49. The van der Waals surface area contributed by atoms with E-state index >= 15 is 0 Å². The summed E-state index contributed by atoms with van der Waals surface area (Å²) in [4.78, 5) is 4.82. The van der Waals surface area contributed by atoms with E-state index in [0.29, 0.717) is 0 Å². The molecular formula is C12H14BO2S2. The summed E-state index contributed by atoms with van der Waals surface area (Å²) < 4.78 is 11.0. The largest absolute Gasteiger partial charge is 0.658 e. The predicted octanol–water partition coefficient (Wildman–Crippen LogP) is 4.04. The van der Waals surface area contributed by atoms with Gasteiger partial charge >= 0.3 is 7.69 Å². The van der Waals surface area contributed by atoms with Gasteiger partial charge in [0.2, 0.25) is 0 Å². The van der Waals surface area contributed by atoms with Crippen molar-refractivity contribution in [1.29, 1.82) is 0 Å². The molecule has 0 unspecified atom stereocenters. The quantitative estimate of drug-likeness (QED) is 0.777. The molecule has 0 amide bonds. The van der Waals surface area contributed by atoms with Crippen molar-refractivity contribution in [2.24, 2.45) is 0 Å². The lowest BCUT2D eigenvalue weighted by Crippen LogP contribution is -2.10. The van der Waals surface area contributed by atoms with Crippen LogP contribution >= 0.6 is 22.7 Å². The van der Waals surface area contributed by atoms with Crippen molar-refractivity contribution in [3.63, 3.8) is 0 Å². The molecule has 0 saturated heterocycles. The van der Waals surface area contributed by atoms with Crippen molar-refractivity contribution in [3.8, 4) is 11.5 Å². The molecule has 2 aromatic heterocycles. The Balaban J connectivity index is 1.92. The lowest BCUT2D eigenvalue weighted by atomic mass is 10.3. The Morgan fingerprint density at radius 2 is 1.24 bits per heavy atom. The molecule has 2 aromatic rings. The molecule has 0 N–H and O–H groups in total. The highest BCUT2D eigenvalue weighted by atomic mass is 32.1. The van der Waals surface area contributed by atoms with E-state index < -0.39 is 0 Å². The zero-order chi connectivity index (χ0) is 12.4. The van der Waals surface area contributed by atoms with Crippen LogP contribution in [0.5, 0.6) is 11.5 Å². The van der Waals surface area contributed by atoms with Crippen LogP contribution in [0.15, 0.2) is 12.1 Å². The van der Waals surface area contributed by atoms with Gasteiger partial charge in [-0.3, -0.25) is 0 Å². The topological polar surface area (TPSA) is 18.5 Å². The zero-order valence-corrected chi connectivity index (χ0v) is 12.0. The Hall–Kier alpha value is -0.935. The van der Waals surface area contributed by atoms with Gasteiger partial charge in [0.25, 0.3) is 0 Å². The molecule has 0 saturated carbocycles. The molecule has 5 heteroatoms. The summed E-state index contributed by atoms with van der Waals surface area (Å²) in [5.41, 5.74) is 0. The van der Waals surface area contributed by atoms with E-state index in [0.717, 1.165) is 11.5 Å². The van der Waals surface area contributed by atoms with Crippen LogP contribution in [0.3, 0.4) is 0 Å². The van der Waals surface area contributed by atoms with Gasteiger partial charge in [-0.1, -0.05) is 0 Å². The Labute approximate surface area is 111 Å². The van der Waals surface area contributed by atoms with Crippen LogP contribution in [0.1, 0.15) is 19.5 Å². The van der Waals surface area contributed by atoms with Gasteiger partial charge < -0.3 is 9.31 Å². The fourth-order valence-electron chi connectivity index (χ4n) is 1.58. The minimum absolute atomic E-state index is 0.872. The number of rotatable bonds is 4. The molecule has 0 spiro atoms. The van der Waals surface area contributed by atoms with E-state index in [9.17, 15) is 0 Å². The van der Waals surface area contributed by atoms with E-state index in [1.807, 2.05) is 26.0 Å². The highest BCUT2D eigenvalue weighted by molar-refractivity contribution is 7.12. The van der Waals surface area contributed by atoms with Crippen molar-refractivity contribution < 1.29 is 9.31 Å². The Kier molecular flexibility index (Phi) is 3.79. The van der Waals surface area contributed by atoms with Crippen LogP contribution in [0.4, 0.5) is 0 Å². The van der Waals surface area contributed by atoms with Crippen molar-refractivity contribution >= 4 is 30.4 Å². The maximum Gasteiger partial charge on any atom is 0.658 e. The van der Waals surface area contributed by atoms with Crippen LogP contribution in [0, 0.1) is 27.7 Å². The summed E-state index contributed by atoms with van der Waals surface area (Å²) in [5.74, 6) is 1.74. The second-order valence-electron chi connectivity index (χ2n) is 3.89. The molecule has 0 bridgehead atoms. The third-order valence-electron chi connectivity index (χ3n) is 2.34. The van der Waals surface area contributed by atoms with E-state index in [4.69, 9.17) is 9.31 Å². The molecule has 17 heavy (non-hydrogen) atoms. The van der Waals surface area contributed by atoms with Gasteiger partial charge in [-0.15, -0.1) is 22.7 Å². The molecule has 1 radical (unpaired) electrons. The normalized spacial score (nSPS) is 10.4. The van der Waals surface area contributed by atoms with Gasteiger partial charge in [0.05, 0.1) is 0 Å². The summed E-state index contributed by atoms with van der Waals surface area (Å²) in [6.45, 7) is 8.22. The average Bonchev–Trinajstić information content (AvgIpc) is 2.71.